The van der Waals surface area contributed by atoms with Crippen LogP contribution in [0.1, 0.15) is 64.2 Å². The highest BCUT2D eigenvalue weighted by molar-refractivity contribution is 5.81. The van der Waals surface area contributed by atoms with Crippen molar-refractivity contribution in [3.63, 3.8) is 0 Å². The van der Waals surface area contributed by atoms with Gasteiger partial charge in [-0.25, -0.2) is 8.78 Å². The minimum Gasteiger partial charge on any atom is -0.480 e. The van der Waals surface area contributed by atoms with E-state index in [0.29, 0.717) is 51.3 Å². The number of likely N-dealkylation sites (tertiary alicyclic amines) is 1. The van der Waals surface area contributed by atoms with E-state index in [1.54, 1.807) is 4.90 Å². The number of aliphatic carboxylic acids is 1. The maximum absolute atomic E-state index is 14.8. The van der Waals surface area contributed by atoms with E-state index in [4.69, 9.17) is 0 Å². The van der Waals surface area contributed by atoms with Gasteiger partial charge >= 0.3 is 5.97 Å². The Morgan fingerprint density at radius 3 is 2.08 bits per heavy atom. The molecule has 0 spiro atoms. The molecule has 1 N–H and O–H groups in total. The van der Waals surface area contributed by atoms with Crippen LogP contribution in [-0.2, 0) is 21.4 Å². The highest BCUT2D eigenvalue weighted by Crippen LogP contribution is 2.38. The van der Waals surface area contributed by atoms with Crippen LogP contribution in [0.2, 0.25) is 0 Å². The van der Waals surface area contributed by atoms with Gasteiger partial charge in [-0.15, -0.1) is 0 Å². The van der Waals surface area contributed by atoms with Gasteiger partial charge in [0.05, 0.1) is 5.92 Å². The molecule has 2 heterocycles. The number of hydrogen-bond donors (Lipinski definition) is 1. The fourth-order valence-electron chi connectivity index (χ4n) is 5.94. The second-order valence-electron chi connectivity index (χ2n) is 13.3. The molecule has 0 aliphatic carbocycles. The second kappa shape index (κ2) is 11.6. The van der Waals surface area contributed by atoms with Gasteiger partial charge < -0.3 is 10.0 Å². The van der Waals surface area contributed by atoms with Gasteiger partial charge in [0.1, 0.15) is 17.7 Å². The second-order valence-corrected chi connectivity index (χ2v) is 13.3. The topological polar surface area (TPSA) is 64.1 Å². The maximum Gasteiger partial charge on any atom is 0.321 e. The highest BCUT2D eigenvalue weighted by atomic mass is 19.1. The lowest BCUT2D eigenvalue weighted by molar-refractivity contribution is -0.145. The molecule has 1 amide bonds. The van der Waals surface area contributed by atoms with Crippen molar-refractivity contribution in [2.45, 2.75) is 70.9 Å². The fourth-order valence-corrected chi connectivity index (χ4v) is 5.94. The smallest absolute Gasteiger partial charge is 0.321 e. The third-order valence-electron chi connectivity index (χ3n) is 8.55. The molecule has 218 valence electrons. The van der Waals surface area contributed by atoms with Gasteiger partial charge in [0, 0.05) is 56.8 Å². The van der Waals surface area contributed by atoms with Gasteiger partial charge in [-0.05, 0) is 55.4 Å². The molecule has 2 fully saturated rings. The zero-order valence-corrected chi connectivity index (χ0v) is 24.6. The van der Waals surface area contributed by atoms with Crippen LogP contribution >= 0.6 is 0 Å². The Morgan fingerprint density at radius 1 is 0.925 bits per heavy atom. The summed E-state index contributed by atoms with van der Waals surface area (Å²) in [5, 5.41) is 10.0. The Kier molecular flexibility index (Phi) is 8.71. The Labute approximate surface area is 237 Å². The number of benzene rings is 2. The lowest BCUT2D eigenvalue weighted by Gasteiger charge is -2.39. The first-order valence-corrected chi connectivity index (χ1v) is 14.2. The molecule has 2 aromatic carbocycles. The van der Waals surface area contributed by atoms with E-state index in [2.05, 4.69) is 58.6 Å². The number of amides is 1. The lowest BCUT2D eigenvalue weighted by atomic mass is 9.86. The highest BCUT2D eigenvalue weighted by Gasteiger charge is 2.45. The minimum atomic E-state index is -0.872. The van der Waals surface area contributed by atoms with E-state index >= 15 is 0 Å². The molecule has 6 nitrogen and oxygen atoms in total. The summed E-state index contributed by atoms with van der Waals surface area (Å²) in [6, 6.07) is 11.1. The molecule has 3 atom stereocenters. The molecule has 40 heavy (non-hydrogen) atoms. The summed E-state index contributed by atoms with van der Waals surface area (Å²) in [5.74, 6) is -3.02. The predicted octanol–water partition coefficient (Wildman–Crippen LogP) is 4.92. The monoisotopic (exact) mass is 555 g/mol. The predicted molar refractivity (Wildman–Crippen MR) is 152 cm³/mol. The standard InChI is InChI=1S/C32H43F2N3O3/c1-31(2,3)22-9-7-21(8-10-22)17-28(30(39)40)35-13-15-36(16-14-35)29(38)26-20-37(32(4,5)6)19-25(26)24-12-11-23(33)18-27(24)34/h7-12,18,25-26,28H,13-17,19-20H2,1-6H3,(H,39,40)/t25-,26+,28-/m0/s1. The van der Waals surface area contributed by atoms with Crippen LogP contribution in [0.3, 0.4) is 0 Å². The average Bonchev–Trinajstić information content (AvgIpc) is 3.32. The van der Waals surface area contributed by atoms with Gasteiger partial charge in [-0.2, -0.15) is 0 Å². The van der Waals surface area contributed by atoms with E-state index < -0.39 is 29.6 Å². The summed E-state index contributed by atoms with van der Waals surface area (Å²) in [7, 11) is 0. The normalized spacial score (nSPS) is 21.9. The molecule has 8 heteroatoms. The molecule has 2 aliphatic heterocycles. The van der Waals surface area contributed by atoms with E-state index in [1.807, 2.05) is 17.0 Å². The molecule has 2 aliphatic rings. The Hall–Kier alpha value is -2.84. The molecule has 4 rings (SSSR count). The van der Waals surface area contributed by atoms with Crippen molar-refractivity contribution in [3.8, 4) is 0 Å². The summed E-state index contributed by atoms with van der Waals surface area (Å²) in [4.78, 5) is 32.0. The average molecular weight is 556 g/mol. The van der Waals surface area contributed by atoms with Crippen molar-refractivity contribution < 1.29 is 23.5 Å². The summed E-state index contributed by atoms with van der Waals surface area (Å²) in [6.07, 6.45) is 0.392. The maximum atomic E-state index is 14.8. The summed E-state index contributed by atoms with van der Waals surface area (Å²) in [6.45, 7) is 15.4. The zero-order chi connectivity index (χ0) is 29.4. The van der Waals surface area contributed by atoms with Gasteiger partial charge in [-0.1, -0.05) is 51.1 Å². The molecule has 2 saturated heterocycles. The van der Waals surface area contributed by atoms with Gasteiger partial charge in [0.2, 0.25) is 5.91 Å². The number of carbonyl (C=O) groups is 2. The molecule has 0 aromatic heterocycles. The summed E-state index contributed by atoms with van der Waals surface area (Å²) < 4.78 is 28.5. The van der Waals surface area contributed by atoms with Crippen molar-refractivity contribution in [1.82, 2.24) is 14.7 Å². The van der Waals surface area contributed by atoms with Crippen molar-refractivity contribution in [2.24, 2.45) is 5.92 Å². The molecular formula is C32H43F2N3O3. The van der Waals surface area contributed by atoms with Crippen LogP contribution < -0.4 is 0 Å². The van der Waals surface area contributed by atoms with Gasteiger partial charge in [-0.3, -0.25) is 19.4 Å². The van der Waals surface area contributed by atoms with Crippen molar-refractivity contribution >= 4 is 11.9 Å². The third-order valence-corrected chi connectivity index (χ3v) is 8.55. The van der Waals surface area contributed by atoms with E-state index in [9.17, 15) is 23.5 Å². The lowest BCUT2D eigenvalue weighted by Crippen LogP contribution is -2.56. The molecule has 0 bridgehead atoms. The molecular weight excluding hydrogens is 512 g/mol. The molecule has 0 unspecified atom stereocenters. The first-order chi connectivity index (χ1) is 18.6. The number of rotatable bonds is 6. The SMILES string of the molecule is CC(C)(C)c1ccc(C[C@@H](C(=O)O)N2CCN(C(=O)[C@@H]3CN(C(C)(C)C)C[C@H]3c3ccc(F)cc3F)CC2)cc1. The van der Waals surface area contributed by atoms with Crippen LogP contribution in [0.25, 0.3) is 0 Å². The first-order valence-electron chi connectivity index (χ1n) is 14.2. The van der Waals surface area contributed by atoms with E-state index in [1.165, 1.54) is 17.7 Å². The molecule has 2 aromatic rings. The van der Waals surface area contributed by atoms with Gasteiger partial charge in [0.25, 0.3) is 0 Å². The number of hydrogen-bond acceptors (Lipinski definition) is 4. The molecule has 0 saturated carbocycles. The van der Waals surface area contributed by atoms with Crippen LogP contribution in [-0.4, -0.2) is 82.5 Å². The zero-order valence-electron chi connectivity index (χ0n) is 24.6. The van der Waals surface area contributed by atoms with Crippen molar-refractivity contribution in [3.05, 3.63) is 70.8 Å². The Balaban J connectivity index is 1.45. The van der Waals surface area contributed by atoms with Crippen molar-refractivity contribution in [2.75, 3.05) is 39.3 Å². The largest absolute Gasteiger partial charge is 0.480 e. The van der Waals surface area contributed by atoms with E-state index in [0.717, 1.165) is 11.6 Å². The number of piperazine rings is 1. The summed E-state index contributed by atoms with van der Waals surface area (Å²) in [5.41, 5.74) is 2.36. The van der Waals surface area contributed by atoms with Crippen LogP contribution in [0, 0.1) is 17.6 Å². The quantitative estimate of drug-likeness (QED) is 0.549. The summed E-state index contributed by atoms with van der Waals surface area (Å²) >= 11 is 0. The first kappa shape index (κ1) is 30.1. The Morgan fingerprint density at radius 2 is 1.55 bits per heavy atom. The van der Waals surface area contributed by atoms with Gasteiger partial charge in [0.15, 0.2) is 0 Å². The molecule has 0 radical (unpaired) electrons. The van der Waals surface area contributed by atoms with Crippen molar-refractivity contribution in [1.29, 1.82) is 0 Å². The number of carboxylic acids is 1. The van der Waals surface area contributed by atoms with Crippen LogP contribution in [0.15, 0.2) is 42.5 Å². The minimum absolute atomic E-state index is 0.0261. The number of carbonyl (C=O) groups excluding carboxylic acids is 1. The number of halogens is 2. The van der Waals surface area contributed by atoms with Crippen LogP contribution in [0.5, 0.6) is 0 Å². The number of nitrogens with zero attached hydrogens (tertiary/aromatic N) is 3. The van der Waals surface area contributed by atoms with Crippen LogP contribution in [0.4, 0.5) is 8.78 Å². The fraction of sp³-hybridized carbons (Fsp3) is 0.562. The Bertz CT molecular complexity index is 1210. The number of carboxylic acid groups (broad SMARTS) is 1. The third kappa shape index (κ3) is 6.72. The van der Waals surface area contributed by atoms with E-state index in [-0.39, 0.29) is 22.8 Å².